The second-order valence-corrected chi connectivity index (χ2v) is 7.10. The fraction of sp³-hybridized carbons (Fsp3) is 0.300. The SMILES string of the molecule is C[C@@H](NC(=O)N1CCN(c2ccc(Cl)cc2)CC1)C(=O)Nc1cccc(O)c1. The highest BCUT2D eigenvalue weighted by molar-refractivity contribution is 6.30. The van der Waals surface area contributed by atoms with E-state index < -0.39 is 6.04 Å². The van der Waals surface area contributed by atoms with E-state index >= 15 is 0 Å². The van der Waals surface area contributed by atoms with Crippen LogP contribution in [0.4, 0.5) is 16.2 Å². The zero-order valence-electron chi connectivity index (χ0n) is 15.6. The number of urea groups is 1. The van der Waals surface area contributed by atoms with Crippen molar-refractivity contribution >= 4 is 34.9 Å². The van der Waals surface area contributed by atoms with E-state index in [9.17, 15) is 14.7 Å². The van der Waals surface area contributed by atoms with Crippen molar-refractivity contribution < 1.29 is 14.7 Å². The van der Waals surface area contributed by atoms with Crippen molar-refractivity contribution in [3.05, 3.63) is 53.6 Å². The third-order valence-electron chi connectivity index (χ3n) is 4.61. The van der Waals surface area contributed by atoms with Gasteiger partial charge < -0.3 is 25.5 Å². The van der Waals surface area contributed by atoms with Gasteiger partial charge in [0, 0.05) is 48.6 Å². The molecule has 1 aliphatic heterocycles. The van der Waals surface area contributed by atoms with Crippen LogP contribution in [-0.2, 0) is 4.79 Å². The first-order chi connectivity index (χ1) is 13.4. The fourth-order valence-corrected chi connectivity index (χ4v) is 3.12. The van der Waals surface area contributed by atoms with Gasteiger partial charge in [0.15, 0.2) is 0 Å². The molecular formula is C20H23ClN4O3. The molecule has 8 heteroatoms. The van der Waals surface area contributed by atoms with E-state index in [-0.39, 0.29) is 17.7 Å². The van der Waals surface area contributed by atoms with Crippen molar-refractivity contribution in [3.8, 4) is 5.75 Å². The number of phenols is 1. The molecule has 1 heterocycles. The van der Waals surface area contributed by atoms with Crippen LogP contribution in [0.3, 0.4) is 0 Å². The molecule has 1 saturated heterocycles. The standard InChI is InChI=1S/C20H23ClN4O3/c1-14(19(27)23-16-3-2-4-18(26)13-16)22-20(28)25-11-9-24(10-12-25)17-7-5-15(21)6-8-17/h2-8,13-14,26H,9-12H2,1H3,(H,22,28)(H,23,27)/t14-/m1/s1. The van der Waals surface area contributed by atoms with Crippen molar-refractivity contribution in [1.82, 2.24) is 10.2 Å². The van der Waals surface area contributed by atoms with Gasteiger partial charge in [-0.2, -0.15) is 0 Å². The van der Waals surface area contributed by atoms with Gasteiger partial charge in [0.1, 0.15) is 11.8 Å². The molecule has 2 aromatic rings. The van der Waals surface area contributed by atoms with Gasteiger partial charge in [-0.15, -0.1) is 0 Å². The Balaban J connectivity index is 1.48. The molecule has 3 rings (SSSR count). The summed E-state index contributed by atoms with van der Waals surface area (Å²) in [5.74, 6) is -0.285. The molecular weight excluding hydrogens is 380 g/mol. The Morgan fingerprint density at radius 1 is 1.07 bits per heavy atom. The molecule has 3 amide bonds. The lowest BCUT2D eigenvalue weighted by Crippen LogP contribution is -2.54. The van der Waals surface area contributed by atoms with Crippen molar-refractivity contribution in [1.29, 1.82) is 0 Å². The zero-order chi connectivity index (χ0) is 20.1. The molecule has 0 aromatic heterocycles. The number of hydrogen-bond donors (Lipinski definition) is 3. The highest BCUT2D eigenvalue weighted by Gasteiger charge is 2.24. The molecule has 0 spiro atoms. The van der Waals surface area contributed by atoms with Crippen LogP contribution in [0.25, 0.3) is 0 Å². The Kier molecular flexibility index (Phi) is 6.26. The maximum atomic E-state index is 12.5. The number of phenolic OH excluding ortho intramolecular Hbond substituents is 1. The molecule has 1 atom stereocenters. The summed E-state index contributed by atoms with van der Waals surface area (Å²) in [6.45, 7) is 4.17. The van der Waals surface area contributed by atoms with Gasteiger partial charge in [-0.05, 0) is 43.3 Å². The molecule has 7 nitrogen and oxygen atoms in total. The normalized spacial score (nSPS) is 15.1. The molecule has 0 bridgehead atoms. The monoisotopic (exact) mass is 402 g/mol. The number of carbonyl (C=O) groups excluding carboxylic acids is 2. The summed E-state index contributed by atoms with van der Waals surface area (Å²) in [6, 6.07) is 12.9. The maximum absolute atomic E-state index is 12.5. The van der Waals surface area contributed by atoms with Crippen LogP contribution in [0.1, 0.15) is 6.92 Å². The highest BCUT2D eigenvalue weighted by Crippen LogP contribution is 2.19. The second kappa shape index (κ2) is 8.84. The third-order valence-corrected chi connectivity index (χ3v) is 4.86. The lowest BCUT2D eigenvalue weighted by Gasteiger charge is -2.36. The number of aromatic hydroxyl groups is 1. The van der Waals surface area contributed by atoms with Crippen LogP contribution in [0.5, 0.6) is 5.75 Å². The zero-order valence-corrected chi connectivity index (χ0v) is 16.3. The Bertz CT molecular complexity index is 836. The van der Waals surface area contributed by atoms with E-state index in [1.165, 1.54) is 12.1 Å². The van der Waals surface area contributed by atoms with E-state index in [0.717, 1.165) is 5.69 Å². The first kappa shape index (κ1) is 19.8. The van der Waals surface area contributed by atoms with Gasteiger partial charge in [-0.3, -0.25) is 4.79 Å². The third kappa shape index (κ3) is 5.07. The number of benzene rings is 2. The smallest absolute Gasteiger partial charge is 0.318 e. The maximum Gasteiger partial charge on any atom is 0.318 e. The van der Waals surface area contributed by atoms with Gasteiger partial charge in [-0.1, -0.05) is 17.7 Å². The summed E-state index contributed by atoms with van der Waals surface area (Å²) in [4.78, 5) is 28.6. The number of nitrogens with zero attached hydrogens (tertiary/aromatic N) is 2. The predicted molar refractivity (Wildman–Crippen MR) is 110 cm³/mol. The number of rotatable bonds is 4. The lowest BCUT2D eigenvalue weighted by molar-refractivity contribution is -0.117. The van der Waals surface area contributed by atoms with Gasteiger partial charge in [0.25, 0.3) is 0 Å². The number of hydrogen-bond acceptors (Lipinski definition) is 4. The predicted octanol–water partition coefficient (Wildman–Crippen LogP) is 2.90. The van der Waals surface area contributed by atoms with Gasteiger partial charge >= 0.3 is 6.03 Å². The van der Waals surface area contributed by atoms with Crippen molar-refractivity contribution in [2.75, 3.05) is 36.4 Å². The number of piperazine rings is 1. The van der Waals surface area contributed by atoms with E-state index in [4.69, 9.17) is 11.6 Å². The molecule has 0 aliphatic carbocycles. The molecule has 28 heavy (non-hydrogen) atoms. The van der Waals surface area contributed by atoms with Crippen LogP contribution in [0.15, 0.2) is 48.5 Å². The summed E-state index contributed by atoms with van der Waals surface area (Å²) >= 11 is 5.92. The largest absolute Gasteiger partial charge is 0.508 e. The quantitative estimate of drug-likeness (QED) is 0.734. The topological polar surface area (TPSA) is 84.9 Å². The van der Waals surface area contributed by atoms with Crippen molar-refractivity contribution in [3.63, 3.8) is 0 Å². The molecule has 0 unspecified atom stereocenters. The van der Waals surface area contributed by atoms with Crippen LogP contribution in [0.2, 0.25) is 5.02 Å². The Hall–Kier alpha value is -2.93. The summed E-state index contributed by atoms with van der Waals surface area (Å²) in [7, 11) is 0. The van der Waals surface area contributed by atoms with Gasteiger partial charge in [-0.25, -0.2) is 4.79 Å². The molecule has 2 aromatic carbocycles. The van der Waals surface area contributed by atoms with Crippen LogP contribution in [-0.4, -0.2) is 54.2 Å². The molecule has 0 saturated carbocycles. The van der Waals surface area contributed by atoms with Crippen molar-refractivity contribution in [2.24, 2.45) is 0 Å². The first-order valence-corrected chi connectivity index (χ1v) is 9.46. The average molecular weight is 403 g/mol. The summed E-state index contributed by atoms with van der Waals surface area (Å²) in [5.41, 5.74) is 1.55. The molecule has 0 radical (unpaired) electrons. The van der Waals surface area contributed by atoms with Crippen LogP contribution >= 0.6 is 11.6 Å². The number of amides is 3. The summed E-state index contributed by atoms with van der Waals surface area (Å²) in [6.07, 6.45) is 0. The number of anilines is 2. The minimum Gasteiger partial charge on any atom is -0.508 e. The lowest BCUT2D eigenvalue weighted by atomic mass is 10.2. The fourth-order valence-electron chi connectivity index (χ4n) is 3.00. The van der Waals surface area contributed by atoms with Gasteiger partial charge in [0.2, 0.25) is 5.91 Å². The number of halogens is 1. The van der Waals surface area contributed by atoms with Crippen molar-refractivity contribution in [2.45, 2.75) is 13.0 Å². The average Bonchev–Trinajstić information content (AvgIpc) is 2.68. The van der Waals surface area contributed by atoms with Crippen LogP contribution < -0.4 is 15.5 Å². The van der Waals surface area contributed by atoms with Gasteiger partial charge in [0.05, 0.1) is 0 Å². The number of nitrogens with one attached hydrogen (secondary N) is 2. The van der Waals surface area contributed by atoms with E-state index in [2.05, 4.69) is 15.5 Å². The van der Waals surface area contributed by atoms with Crippen LogP contribution in [0, 0.1) is 0 Å². The Morgan fingerprint density at radius 2 is 1.75 bits per heavy atom. The molecule has 1 fully saturated rings. The Morgan fingerprint density at radius 3 is 2.39 bits per heavy atom. The molecule has 3 N–H and O–H groups in total. The summed E-state index contributed by atoms with van der Waals surface area (Å²) in [5, 5.41) is 15.5. The van der Waals surface area contributed by atoms with E-state index in [1.807, 2.05) is 24.3 Å². The minimum absolute atomic E-state index is 0.0630. The second-order valence-electron chi connectivity index (χ2n) is 6.66. The first-order valence-electron chi connectivity index (χ1n) is 9.08. The number of carbonyl (C=O) groups is 2. The summed E-state index contributed by atoms with van der Waals surface area (Å²) < 4.78 is 0. The van der Waals surface area contributed by atoms with E-state index in [1.54, 1.807) is 24.0 Å². The Labute approximate surface area is 168 Å². The van der Waals surface area contributed by atoms with E-state index in [0.29, 0.717) is 36.9 Å². The highest BCUT2D eigenvalue weighted by atomic mass is 35.5. The minimum atomic E-state index is -0.704. The molecule has 1 aliphatic rings. The molecule has 148 valence electrons.